The number of rotatable bonds is 5. The summed E-state index contributed by atoms with van der Waals surface area (Å²) in [6.45, 7) is 3.13. The molecule has 0 fully saturated rings. The van der Waals surface area contributed by atoms with Crippen LogP contribution >= 0.6 is 0 Å². The van der Waals surface area contributed by atoms with Crippen molar-refractivity contribution in [3.05, 3.63) is 39.7 Å². The first kappa shape index (κ1) is 14.7. The first-order valence-corrected chi connectivity index (χ1v) is 5.64. The number of halogens is 1. The number of carbonyl (C=O) groups excluding carboxylic acids is 2. The molecular weight excluding hydrogens is 255 g/mol. The largest absolute Gasteiger partial charge is 0.342 e. The summed E-state index contributed by atoms with van der Waals surface area (Å²) < 4.78 is 12.9. The van der Waals surface area contributed by atoms with Crippen LogP contribution < -0.4 is 5.32 Å². The van der Waals surface area contributed by atoms with E-state index in [9.17, 15) is 24.1 Å². The van der Waals surface area contributed by atoms with Crippen molar-refractivity contribution in [2.24, 2.45) is 0 Å². The Labute approximate surface area is 108 Å². The molecule has 1 unspecified atom stereocenters. The molecule has 1 aromatic rings. The van der Waals surface area contributed by atoms with E-state index >= 15 is 0 Å². The molecule has 7 heteroatoms. The Morgan fingerprint density at radius 2 is 2.11 bits per heavy atom. The van der Waals surface area contributed by atoms with Crippen molar-refractivity contribution in [3.8, 4) is 0 Å². The van der Waals surface area contributed by atoms with Gasteiger partial charge < -0.3 is 5.32 Å². The highest BCUT2D eigenvalue weighted by Crippen LogP contribution is 2.19. The second-order valence-electron chi connectivity index (χ2n) is 3.93. The van der Waals surface area contributed by atoms with Crippen LogP contribution in [0, 0.1) is 15.9 Å². The van der Waals surface area contributed by atoms with Gasteiger partial charge in [0.1, 0.15) is 11.4 Å². The van der Waals surface area contributed by atoms with Gasteiger partial charge in [0, 0.05) is 6.42 Å². The molecular formula is C12H13FN2O4. The Kier molecular flexibility index (Phi) is 4.68. The monoisotopic (exact) mass is 268 g/mol. The number of benzene rings is 1. The summed E-state index contributed by atoms with van der Waals surface area (Å²) in [6, 6.07) is 1.89. The fourth-order valence-electron chi connectivity index (χ4n) is 1.51. The summed E-state index contributed by atoms with van der Waals surface area (Å²) in [5.74, 6) is -1.78. The van der Waals surface area contributed by atoms with E-state index in [1.807, 2.05) is 0 Å². The Bertz CT molecular complexity index is 530. The van der Waals surface area contributed by atoms with Crippen molar-refractivity contribution in [3.63, 3.8) is 0 Å². The minimum atomic E-state index is -0.843. The van der Waals surface area contributed by atoms with Gasteiger partial charge in [-0.3, -0.25) is 19.7 Å². The van der Waals surface area contributed by atoms with Crippen LogP contribution in [0.1, 0.15) is 30.6 Å². The van der Waals surface area contributed by atoms with E-state index in [1.165, 1.54) is 6.92 Å². The summed E-state index contributed by atoms with van der Waals surface area (Å²) in [5.41, 5.74) is -0.907. The molecule has 1 atom stereocenters. The van der Waals surface area contributed by atoms with Gasteiger partial charge in [0.25, 0.3) is 11.6 Å². The van der Waals surface area contributed by atoms with Crippen LogP contribution in [0.5, 0.6) is 0 Å². The van der Waals surface area contributed by atoms with Crippen molar-refractivity contribution < 1.29 is 18.9 Å². The lowest BCUT2D eigenvalue weighted by atomic mass is 10.1. The molecule has 6 nitrogen and oxygen atoms in total. The third-order valence-electron chi connectivity index (χ3n) is 2.58. The molecule has 0 spiro atoms. The lowest BCUT2D eigenvalue weighted by molar-refractivity contribution is -0.385. The van der Waals surface area contributed by atoms with Crippen LogP contribution in [0.3, 0.4) is 0 Å². The molecule has 102 valence electrons. The lowest BCUT2D eigenvalue weighted by Crippen LogP contribution is -2.38. The van der Waals surface area contributed by atoms with Crippen LogP contribution in [0.4, 0.5) is 10.1 Å². The van der Waals surface area contributed by atoms with Crippen LogP contribution in [0.25, 0.3) is 0 Å². The van der Waals surface area contributed by atoms with E-state index in [-0.39, 0.29) is 17.8 Å². The predicted octanol–water partition coefficient (Wildman–Crippen LogP) is 1.83. The van der Waals surface area contributed by atoms with E-state index in [2.05, 4.69) is 5.32 Å². The van der Waals surface area contributed by atoms with Gasteiger partial charge in [-0.15, -0.1) is 0 Å². The summed E-state index contributed by atoms with van der Waals surface area (Å²) in [6.07, 6.45) is 0.243. The average Bonchev–Trinajstić information content (AvgIpc) is 2.37. The average molecular weight is 268 g/mol. The number of nitrogens with one attached hydrogen (secondary N) is 1. The van der Waals surface area contributed by atoms with E-state index in [0.29, 0.717) is 6.07 Å². The highest BCUT2D eigenvalue weighted by Gasteiger charge is 2.23. The molecule has 1 aromatic carbocycles. The van der Waals surface area contributed by atoms with Gasteiger partial charge in [-0.25, -0.2) is 4.39 Å². The molecule has 1 amide bonds. The maximum absolute atomic E-state index is 12.9. The highest BCUT2D eigenvalue weighted by atomic mass is 19.1. The zero-order valence-electron chi connectivity index (χ0n) is 10.5. The topological polar surface area (TPSA) is 89.3 Å². The Hall–Kier alpha value is -2.31. The van der Waals surface area contributed by atoms with Crippen LogP contribution in [0.15, 0.2) is 18.2 Å². The maximum atomic E-state index is 12.9. The number of nitro groups is 1. The van der Waals surface area contributed by atoms with Gasteiger partial charge in [-0.1, -0.05) is 6.92 Å². The second-order valence-corrected chi connectivity index (χ2v) is 3.93. The van der Waals surface area contributed by atoms with Crippen molar-refractivity contribution in [2.75, 3.05) is 0 Å². The number of Topliss-reactive ketones (excluding diaryl/α,β-unsaturated/α-hetero) is 1. The van der Waals surface area contributed by atoms with E-state index in [0.717, 1.165) is 12.1 Å². The second kappa shape index (κ2) is 6.03. The number of amides is 1. The number of ketones is 1. The Morgan fingerprint density at radius 1 is 1.47 bits per heavy atom. The number of nitrogens with zero attached hydrogens (tertiary/aromatic N) is 1. The summed E-state index contributed by atoms with van der Waals surface area (Å²) in [4.78, 5) is 33.1. The Morgan fingerprint density at radius 3 is 2.63 bits per heavy atom. The molecule has 0 saturated heterocycles. The fraction of sp³-hybridized carbons (Fsp3) is 0.333. The summed E-state index contributed by atoms with van der Waals surface area (Å²) >= 11 is 0. The molecule has 0 radical (unpaired) electrons. The SMILES string of the molecule is CCC(=O)C(C)NC(=O)c1ccc(F)cc1[N+](=O)[O-]. The van der Waals surface area contributed by atoms with Crippen molar-refractivity contribution in [1.29, 1.82) is 0 Å². The van der Waals surface area contributed by atoms with Gasteiger partial charge in [-0.2, -0.15) is 0 Å². The Balaban J connectivity index is 3.00. The van der Waals surface area contributed by atoms with Gasteiger partial charge in [0.2, 0.25) is 0 Å². The van der Waals surface area contributed by atoms with Crippen molar-refractivity contribution in [2.45, 2.75) is 26.3 Å². The minimum absolute atomic E-state index is 0.196. The number of hydrogen-bond acceptors (Lipinski definition) is 4. The van der Waals surface area contributed by atoms with E-state index in [1.54, 1.807) is 6.92 Å². The van der Waals surface area contributed by atoms with Gasteiger partial charge >= 0.3 is 0 Å². The molecule has 0 heterocycles. The molecule has 0 bridgehead atoms. The van der Waals surface area contributed by atoms with Gasteiger partial charge in [0.05, 0.1) is 17.0 Å². The van der Waals surface area contributed by atoms with Gasteiger partial charge in [-0.05, 0) is 19.1 Å². The number of carbonyl (C=O) groups is 2. The predicted molar refractivity (Wildman–Crippen MR) is 65.3 cm³/mol. The first-order valence-electron chi connectivity index (χ1n) is 5.64. The maximum Gasteiger partial charge on any atom is 0.285 e. The van der Waals surface area contributed by atoms with Crippen molar-refractivity contribution in [1.82, 2.24) is 5.32 Å². The fourth-order valence-corrected chi connectivity index (χ4v) is 1.51. The molecule has 19 heavy (non-hydrogen) atoms. The van der Waals surface area contributed by atoms with Crippen LogP contribution in [-0.2, 0) is 4.79 Å². The lowest BCUT2D eigenvalue weighted by Gasteiger charge is -2.11. The number of nitro benzene ring substituents is 1. The molecule has 1 rings (SSSR count). The first-order chi connectivity index (χ1) is 8.86. The van der Waals surface area contributed by atoms with Crippen LogP contribution in [-0.4, -0.2) is 22.7 Å². The molecule has 0 aliphatic carbocycles. The van der Waals surface area contributed by atoms with Crippen LogP contribution in [0.2, 0.25) is 0 Å². The normalized spacial score (nSPS) is 11.7. The summed E-state index contributed by atoms with van der Waals surface area (Å²) in [7, 11) is 0. The van der Waals surface area contributed by atoms with E-state index in [4.69, 9.17) is 0 Å². The minimum Gasteiger partial charge on any atom is -0.342 e. The third-order valence-corrected chi connectivity index (χ3v) is 2.58. The molecule has 0 saturated carbocycles. The standard InChI is InChI=1S/C12H13FN2O4/c1-3-11(16)7(2)14-12(17)9-5-4-8(13)6-10(9)15(18)19/h4-7H,3H2,1-2H3,(H,14,17). The quantitative estimate of drug-likeness (QED) is 0.651. The summed E-state index contributed by atoms with van der Waals surface area (Å²) in [5, 5.41) is 13.1. The number of hydrogen-bond donors (Lipinski definition) is 1. The molecule has 0 aliphatic heterocycles. The molecule has 0 aromatic heterocycles. The zero-order chi connectivity index (χ0) is 14.6. The molecule has 1 N–H and O–H groups in total. The van der Waals surface area contributed by atoms with Gasteiger partial charge in [0.15, 0.2) is 5.78 Å². The molecule has 0 aliphatic rings. The van der Waals surface area contributed by atoms with Crippen molar-refractivity contribution >= 4 is 17.4 Å². The zero-order valence-corrected chi connectivity index (χ0v) is 10.5. The van der Waals surface area contributed by atoms with E-state index < -0.39 is 28.4 Å². The third kappa shape index (κ3) is 3.57. The smallest absolute Gasteiger partial charge is 0.285 e. The highest BCUT2D eigenvalue weighted by molar-refractivity contribution is 6.00.